The molecule has 27 heavy (non-hydrogen) atoms. The molecular weight excluding hydrogens is 368 g/mol. The number of nitrogens with zero attached hydrogens (tertiary/aromatic N) is 1. The molecule has 7 nitrogen and oxygen atoms in total. The lowest BCUT2D eigenvalue weighted by Crippen LogP contribution is -2.38. The monoisotopic (exact) mass is 392 g/mol. The van der Waals surface area contributed by atoms with Crippen LogP contribution in [0.15, 0.2) is 36.4 Å². The molecule has 1 amide bonds. The lowest BCUT2D eigenvalue weighted by molar-refractivity contribution is -0.114. The Labute approximate surface area is 160 Å². The second kappa shape index (κ2) is 8.30. The van der Waals surface area contributed by atoms with Gasteiger partial charge in [0, 0.05) is 11.8 Å². The van der Waals surface area contributed by atoms with Crippen LogP contribution in [0.3, 0.4) is 0 Å². The van der Waals surface area contributed by atoms with E-state index in [1.54, 1.807) is 37.3 Å². The molecule has 0 aromatic heterocycles. The summed E-state index contributed by atoms with van der Waals surface area (Å²) < 4.78 is 36.0. The van der Waals surface area contributed by atoms with Gasteiger partial charge >= 0.3 is 0 Å². The number of rotatable bonds is 7. The number of amides is 1. The molecule has 0 aliphatic rings. The Morgan fingerprint density at radius 3 is 2.19 bits per heavy atom. The Hall–Kier alpha value is -2.74. The van der Waals surface area contributed by atoms with Crippen molar-refractivity contribution in [3.05, 3.63) is 47.5 Å². The predicted molar refractivity (Wildman–Crippen MR) is 106 cm³/mol. The van der Waals surface area contributed by atoms with Crippen LogP contribution in [0.1, 0.15) is 11.1 Å². The molecule has 0 aliphatic carbocycles. The zero-order valence-electron chi connectivity index (χ0n) is 16.1. The SMILES string of the molecule is COc1cc(C)c(NC(=O)CN(c2ccccc2C)S(C)(=O)=O)cc1OC. The summed E-state index contributed by atoms with van der Waals surface area (Å²) in [7, 11) is -0.602. The molecule has 2 rings (SSSR count). The number of hydrogen-bond acceptors (Lipinski definition) is 5. The highest BCUT2D eigenvalue weighted by atomic mass is 32.2. The molecule has 0 radical (unpaired) electrons. The molecule has 0 saturated heterocycles. The van der Waals surface area contributed by atoms with E-state index in [-0.39, 0.29) is 6.54 Å². The number of benzene rings is 2. The van der Waals surface area contributed by atoms with E-state index in [1.165, 1.54) is 14.2 Å². The van der Waals surface area contributed by atoms with Gasteiger partial charge in [0.15, 0.2) is 11.5 Å². The Bertz CT molecular complexity index is 941. The summed E-state index contributed by atoms with van der Waals surface area (Å²) in [6.45, 7) is 3.27. The lowest BCUT2D eigenvalue weighted by atomic mass is 10.1. The summed E-state index contributed by atoms with van der Waals surface area (Å²) in [5.41, 5.74) is 2.52. The molecule has 146 valence electrons. The summed E-state index contributed by atoms with van der Waals surface area (Å²) in [6.07, 6.45) is 1.08. The number of anilines is 2. The zero-order valence-corrected chi connectivity index (χ0v) is 16.9. The van der Waals surface area contributed by atoms with Crippen LogP contribution >= 0.6 is 0 Å². The van der Waals surface area contributed by atoms with E-state index < -0.39 is 15.9 Å². The van der Waals surface area contributed by atoms with E-state index in [9.17, 15) is 13.2 Å². The summed E-state index contributed by atoms with van der Waals surface area (Å²) in [4.78, 5) is 12.6. The van der Waals surface area contributed by atoms with Gasteiger partial charge in [0.05, 0.1) is 26.2 Å². The first-order valence-electron chi connectivity index (χ1n) is 8.23. The van der Waals surface area contributed by atoms with Gasteiger partial charge in [0.2, 0.25) is 15.9 Å². The van der Waals surface area contributed by atoms with Crippen LogP contribution in [0, 0.1) is 13.8 Å². The maximum atomic E-state index is 12.6. The molecule has 8 heteroatoms. The molecule has 0 heterocycles. The average molecular weight is 392 g/mol. The van der Waals surface area contributed by atoms with Gasteiger partial charge in [-0.3, -0.25) is 9.10 Å². The number of carbonyl (C=O) groups excluding carboxylic acids is 1. The molecule has 0 saturated carbocycles. The summed E-state index contributed by atoms with van der Waals surface area (Å²) in [5, 5.41) is 2.75. The van der Waals surface area contributed by atoms with Crippen LogP contribution in [0.25, 0.3) is 0 Å². The molecule has 0 bridgehead atoms. The first kappa shape index (κ1) is 20.6. The van der Waals surface area contributed by atoms with Gasteiger partial charge in [0.25, 0.3) is 0 Å². The third kappa shape index (κ3) is 4.91. The van der Waals surface area contributed by atoms with Crippen molar-refractivity contribution in [2.45, 2.75) is 13.8 Å². The van der Waals surface area contributed by atoms with Crippen molar-refractivity contribution in [2.75, 3.05) is 36.6 Å². The van der Waals surface area contributed by atoms with E-state index in [1.807, 2.05) is 13.0 Å². The van der Waals surface area contributed by atoms with E-state index >= 15 is 0 Å². The fraction of sp³-hybridized carbons (Fsp3) is 0.316. The topological polar surface area (TPSA) is 84.9 Å². The molecule has 0 spiro atoms. The fourth-order valence-electron chi connectivity index (χ4n) is 2.66. The van der Waals surface area contributed by atoms with Crippen LogP contribution in [-0.4, -0.2) is 41.3 Å². The molecule has 0 atom stereocenters. The highest BCUT2D eigenvalue weighted by molar-refractivity contribution is 7.92. The molecule has 2 aromatic rings. The number of ether oxygens (including phenoxy) is 2. The predicted octanol–water partition coefficient (Wildman–Crippen LogP) is 2.73. The molecule has 2 aromatic carbocycles. The zero-order chi connectivity index (χ0) is 20.2. The van der Waals surface area contributed by atoms with E-state index in [0.29, 0.717) is 22.9 Å². The third-order valence-corrected chi connectivity index (χ3v) is 5.20. The molecule has 1 N–H and O–H groups in total. The Kier molecular flexibility index (Phi) is 6.32. The highest BCUT2D eigenvalue weighted by Crippen LogP contribution is 2.33. The number of para-hydroxylation sites is 1. The van der Waals surface area contributed by atoms with Crippen molar-refractivity contribution in [3.63, 3.8) is 0 Å². The quantitative estimate of drug-likeness (QED) is 0.783. The van der Waals surface area contributed by atoms with Gasteiger partial charge in [-0.05, 0) is 37.1 Å². The van der Waals surface area contributed by atoms with Crippen molar-refractivity contribution in [3.8, 4) is 11.5 Å². The summed E-state index contributed by atoms with van der Waals surface area (Å²) in [6, 6.07) is 10.4. The molecule has 0 fully saturated rings. The summed E-state index contributed by atoms with van der Waals surface area (Å²) in [5.74, 6) is 0.557. The third-order valence-electron chi connectivity index (χ3n) is 4.08. The van der Waals surface area contributed by atoms with E-state index in [4.69, 9.17) is 9.47 Å². The Morgan fingerprint density at radius 2 is 1.63 bits per heavy atom. The molecule has 0 aliphatic heterocycles. The molecular formula is C19H24N2O5S. The minimum atomic E-state index is -3.63. The minimum absolute atomic E-state index is 0.336. The second-order valence-electron chi connectivity index (χ2n) is 6.13. The number of aryl methyl sites for hydroxylation is 2. The van der Waals surface area contributed by atoms with Crippen LogP contribution in [0.4, 0.5) is 11.4 Å². The Morgan fingerprint density at radius 1 is 1.04 bits per heavy atom. The smallest absolute Gasteiger partial charge is 0.245 e. The normalized spacial score (nSPS) is 11.0. The first-order valence-corrected chi connectivity index (χ1v) is 10.1. The van der Waals surface area contributed by atoms with Gasteiger partial charge in [-0.1, -0.05) is 18.2 Å². The number of carbonyl (C=O) groups is 1. The van der Waals surface area contributed by atoms with Crippen molar-refractivity contribution in [1.29, 1.82) is 0 Å². The molecule has 0 unspecified atom stereocenters. The van der Waals surface area contributed by atoms with E-state index in [0.717, 1.165) is 21.7 Å². The average Bonchev–Trinajstić information content (AvgIpc) is 2.61. The fourth-order valence-corrected chi connectivity index (χ4v) is 3.57. The largest absolute Gasteiger partial charge is 0.493 e. The lowest BCUT2D eigenvalue weighted by Gasteiger charge is -2.24. The van der Waals surface area contributed by atoms with Crippen molar-refractivity contribution >= 4 is 27.3 Å². The van der Waals surface area contributed by atoms with Crippen LogP contribution in [-0.2, 0) is 14.8 Å². The number of hydrogen-bond donors (Lipinski definition) is 1. The standard InChI is InChI=1S/C19H24N2O5S/c1-13-8-6-7-9-16(13)21(27(5,23)24)12-19(22)20-15-11-18(26-4)17(25-3)10-14(15)2/h6-11H,12H2,1-5H3,(H,20,22). The maximum Gasteiger partial charge on any atom is 0.245 e. The van der Waals surface area contributed by atoms with Crippen molar-refractivity contribution < 1.29 is 22.7 Å². The van der Waals surface area contributed by atoms with Gasteiger partial charge in [-0.2, -0.15) is 0 Å². The number of nitrogens with one attached hydrogen (secondary N) is 1. The van der Waals surface area contributed by atoms with Gasteiger partial charge < -0.3 is 14.8 Å². The first-order chi connectivity index (χ1) is 12.7. The van der Waals surface area contributed by atoms with Crippen molar-refractivity contribution in [2.24, 2.45) is 0 Å². The second-order valence-corrected chi connectivity index (χ2v) is 8.03. The van der Waals surface area contributed by atoms with Crippen LogP contribution in [0.2, 0.25) is 0 Å². The van der Waals surface area contributed by atoms with Crippen LogP contribution < -0.4 is 19.1 Å². The maximum absolute atomic E-state index is 12.6. The highest BCUT2D eigenvalue weighted by Gasteiger charge is 2.22. The number of sulfonamides is 1. The van der Waals surface area contributed by atoms with Gasteiger partial charge in [-0.15, -0.1) is 0 Å². The van der Waals surface area contributed by atoms with Crippen LogP contribution in [0.5, 0.6) is 11.5 Å². The van der Waals surface area contributed by atoms with E-state index in [2.05, 4.69) is 5.32 Å². The van der Waals surface area contributed by atoms with Crippen molar-refractivity contribution in [1.82, 2.24) is 0 Å². The summed E-state index contributed by atoms with van der Waals surface area (Å²) >= 11 is 0. The Balaban J connectivity index is 2.29. The van der Waals surface area contributed by atoms with Gasteiger partial charge in [0.1, 0.15) is 6.54 Å². The minimum Gasteiger partial charge on any atom is -0.493 e. The van der Waals surface area contributed by atoms with Gasteiger partial charge in [-0.25, -0.2) is 8.42 Å². The number of methoxy groups -OCH3 is 2.